The molecule has 1 aromatic heterocycles. The third-order valence-electron chi connectivity index (χ3n) is 6.68. The van der Waals surface area contributed by atoms with Crippen molar-refractivity contribution < 1.29 is 23.4 Å². The van der Waals surface area contributed by atoms with Gasteiger partial charge in [0.2, 0.25) is 0 Å². The van der Waals surface area contributed by atoms with Crippen molar-refractivity contribution in [2.24, 2.45) is 0 Å². The van der Waals surface area contributed by atoms with Crippen LogP contribution in [0, 0.1) is 0 Å². The van der Waals surface area contributed by atoms with Gasteiger partial charge in [0.15, 0.2) is 23.7 Å². The molecule has 0 unspecified atom stereocenters. The molecule has 4 aromatic carbocycles. The number of benzene rings is 4. The van der Waals surface area contributed by atoms with Crippen molar-refractivity contribution in [2.45, 2.75) is 33.0 Å². The molecule has 0 N–H and O–H groups in total. The molecule has 5 rings (SSSR count). The highest BCUT2D eigenvalue weighted by atomic mass is 16.5. The maximum Gasteiger partial charge on any atom is 0.182 e. The Morgan fingerprint density at radius 3 is 1.90 bits per heavy atom. The van der Waals surface area contributed by atoms with Crippen LogP contribution in [0.15, 0.2) is 102 Å². The number of methoxy groups -OCH3 is 2. The SMILES string of the molecule is COc1ccc(-c2ocnc2-c2cc(C(C)C)c(OCc3ccccc3)cc2OCc2ccccc2)cc1OC. The third-order valence-corrected chi connectivity index (χ3v) is 6.68. The molecule has 0 saturated heterocycles. The Morgan fingerprint density at radius 1 is 0.675 bits per heavy atom. The molecule has 0 spiro atoms. The fraction of sp³-hybridized carbons (Fsp3) is 0.206. The molecular formula is C34H33NO5. The zero-order valence-electron chi connectivity index (χ0n) is 23.2. The summed E-state index contributed by atoms with van der Waals surface area (Å²) in [5.41, 5.74) is 5.53. The molecule has 0 radical (unpaired) electrons. The number of hydrogen-bond donors (Lipinski definition) is 0. The highest BCUT2D eigenvalue weighted by molar-refractivity contribution is 5.82. The summed E-state index contributed by atoms with van der Waals surface area (Å²) in [5.74, 6) is 3.49. The van der Waals surface area contributed by atoms with E-state index in [1.807, 2.05) is 72.8 Å². The normalized spacial score (nSPS) is 10.9. The Bertz CT molecular complexity index is 1540. The molecule has 204 valence electrons. The molecular weight excluding hydrogens is 502 g/mol. The lowest BCUT2D eigenvalue weighted by Crippen LogP contribution is -2.04. The molecule has 6 nitrogen and oxygen atoms in total. The zero-order chi connectivity index (χ0) is 27.9. The van der Waals surface area contributed by atoms with Gasteiger partial charge in [0, 0.05) is 17.2 Å². The van der Waals surface area contributed by atoms with Crippen molar-refractivity contribution in [3.63, 3.8) is 0 Å². The minimum absolute atomic E-state index is 0.198. The second-order valence-electron chi connectivity index (χ2n) is 9.69. The smallest absolute Gasteiger partial charge is 0.182 e. The Balaban J connectivity index is 1.58. The summed E-state index contributed by atoms with van der Waals surface area (Å²) in [6.07, 6.45) is 1.46. The largest absolute Gasteiger partial charge is 0.493 e. The van der Waals surface area contributed by atoms with Crippen molar-refractivity contribution in [1.82, 2.24) is 4.98 Å². The predicted octanol–water partition coefficient (Wildman–Crippen LogP) is 8.31. The zero-order valence-corrected chi connectivity index (χ0v) is 23.2. The van der Waals surface area contributed by atoms with Gasteiger partial charge in [-0.1, -0.05) is 74.5 Å². The molecule has 0 saturated carbocycles. The van der Waals surface area contributed by atoms with Crippen molar-refractivity contribution in [1.29, 1.82) is 0 Å². The summed E-state index contributed by atoms with van der Waals surface area (Å²) in [6.45, 7) is 5.16. The quantitative estimate of drug-likeness (QED) is 0.169. The standard InChI is InChI=1S/C34H33NO5/c1-23(2)27-18-28(33-34(40-22-35-33)26-15-16-29(36-3)32(17-26)37-4)31(39-21-25-13-9-6-10-14-25)19-30(27)38-20-24-11-7-5-8-12-24/h5-19,22-23H,20-21H2,1-4H3. The third kappa shape index (κ3) is 5.96. The van der Waals surface area contributed by atoms with Crippen LogP contribution in [0.4, 0.5) is 0 Å². The Labute approximate surface area is 235 Å². The molecule has 6 heteroatoms. The average Bonchev–Trinajstić information content (AvgIpc) is 3.49. The lowest BCUT2D eigenvalue weighted by molar-refractivity contribution is 0.288. The highest BCUT2D eigenvalue weighted by Gasteiger charge is 2.22. The van der Waals surface area contributed by atoms with Crippen LogP contribution < -0.4 is 18.9 Å². The average molecular weight is 536 g/mol. The molecule has 0 aliphatic heterocycles. The molecule has 0 atom stereocenters. The van der Waals surface area contributed by atoms with Gasteiger partial charge in [0.1, 0.15) is 30.4 Å². The van der Waals surface area contributed by atoms with Crippen LogP contribution in [0.2, 0.25) is 0 Å². The van der Waals surface area contributed by atoms with E-state index in [1.165, 1.54) is 6.39 Å². The maximum atomic E-state index is 6.44. The van der Waals surface area contributed by atoms with Crippen LogP contribution in [0.25, 0.3) is 22.6 Å². The molecule has 0 aliphatic rings. The summed E-state index contributed by atoms with van der Waals surface area (Å²) >= 11 is 0. The van der Waals surface area contributed by atoms with Gasteiger partial charge in [0.25, 0.3) is 0 Å². The van der Waals surface area contributed by atoms with Gasteiger partial charge in [0.05, 0.1) is 14.2 Å². The topological polar surface area (TPSA) is 63.0 Å². The van der Waals surface area contributed by atoms with Gasteiger partial charge in [-0.3, -0.25) is 0 Å². The predicted molar refractivity (Wildman–Crippen MR) is 156 cm³/mol. The molecule has 0 fully saturated rings. The second-order valence-corrected chi connectivity index (χ2v) is 9.69. The Hall–Kier alpha value is -4.71. The van der Waals surface area contributed by atoms with Crippen LogP contribution in [-0.2, 0) is 13.2 Å². The summed E-state index contributed by atoms with van der Waals surface area (Å²) in [6, 6.07) is 30.0. The first-order chi connectivity index (χ1) is 19.6. The van der Waals surface area contributed by atoms with Gasteiger partial charge >= 0.3 is 0 Å². The highest BCUT2D eigenvalue weighted by Crippen LogP contribution is 2.43. The summed E-state index contributed by atoms with van der Waals surface area (Å²) in [5, 5.41) is 0. The van der Waals surface area contributed by atoms with Crippen LogP contribution in [0.1, 0.15) is 36.5 Å². The summed E-state index contributed by atoms with van der Waals surface area (Å²) in [7, 11) is 3.23. The van der Waals surface area contributed by atoms with E-state index in [2.05, 4.69) is 37.0 Å². The molecule has 0 amide bonds. The van der Waals surface area contributed by atoms with E-state index in [1.54, 1.807) is 14.2 Å². The fourth-order valence-corrected chi connectivity index (χ4v) is 4.55. The van der Waals surface area contributed by atoms with E-state index >= 15 is 0 Å². The van der Waals surface area contributed by atoms with E-state index in [-0.39, 0.29) is 5.92 Å². The molecule has 0 bridgehead atoms. The number of oxazole rings is 1. The van der Waals surface area contributed by atoms with E-state index < -0.39 is 0 Å². The van der Waals surface area contributed by atoms with Crippen LogP contribution in [0.3, 0.4) is 0 Å². The van der Waals surface area contributed by atoms with E-state index in [4.69, 9.17) is 23.4 Å². The first kappa shape index (κ1) is 26.9. The second kappa shape index (κ2) is 12.4. The minimum atomic E-state index is 0.198. The van der Waals surface area contributed by atoms with Gasteiger partial charge in [-0.15, -0.1) is 0 Å². The molecule has 5 aromatic rings. The molecule has 0 aliphatic carbocycles. The van der Waals surface area contributed by atoms with Gasteiger partial charge in [-0.25, -0.2) is 4.98 Å². The number of hydrogen-bond acceptors (Lipinski definition) is 6. The number of aromatic nitrogens is 1. The number of nitrogens with zero attached hydrogens (tertiary/aromatic N) is 1. The van der Waals surface area contributed by atoms with E-state index in [0.29, 0.717) is 41.9 Å². The van der Waals surface area contributed by atoms with Crippen LogP contribution >= 0.6 is 0 Å². The lowest BCUT2D eigenvalue weighted by atomic mass is 9.96. The Kier molecular flexibility index (Phi) is 8.35. The number of ether oxygens (including phenoxy) is 4. The van der Waals surface area contributed by atoms with Crippen molar-refractivity contribution in [3.05, 3.63) is 114 Å². The molecule has 40 heavy (non-hydrogen) atoms. The first-order valence-corrected chi connectivity index (χ1v) is 13.2. The first-order valence-electron chi connectivity index (χ1n) is 13.2. The summed E-state index contributed by atoms with van der Waals surface area (Å²) in [4.78, 5) is 4.64. The fourth-order valence-electron chi connectivity index (χ4n) is 4.55. The van der Waals surface area contributed by atoms with Gasteiger partial charge < -0.3 is 23.4 Å². The van der Waals surface area contributed by atoms with Crippen molar-refractivity contribution >= 4 is 0 Å². The maximum absolute atomic E-state index is 6.44. The van der Waals surface area contributed by atoms with Crippen molar-refractivity contribution in [2.75, 3.05) is 14.2 Å². The number of rotatable bonds is 11. The Morgan fingerprint density at radius 2 is 1.30 bits per heavy atom. The van der Waals surface area contributed by atoms with E-state index in [0.717, 1.165) is 33.6 Å². The molecule has 1 heterocycles. The summed E-state index contributed by atoms with van der Waals surface area (Å²) < 4.78 is 29.7. The minimum Gasteiger partial charge on any atom is -0.493 e. The van der Waals surface area contributed by atoms with Gasteiger partial charge in [-0.05, 0) is 46.9 Å². The lowest BCUT2D eigenvalue weighted by Gasteiger charge is -2.19. The van der Waals surface area contributed by atoms with Crippen LogP contribution in [-0.4, -0.2) is 19.2 Å². The van der Waals surface area contributed by atoms with Crippen LogP contribution in [0.5, 0.6) is 23.0 Å². The monoisotopic (exact) mass is 535 g/mol. The van der Waals surface area contributed by atoms with E-state index in [9.17, 15) is 0 Å². The van der Waals surface area contributed by atoms with Crippen molar-refractivity contribution in [3.8, 4) is 45.6 Å². The van der Waals surface area contributed by atoms with Gasteiger partial charge in [-0.2, -0.15) is 0 Å².